The van der Waals surface area contributed by atoms with Crippen LogP contribution in [0, 0.1) is 0 Å². The van der Waals surface area contributed by atoms with Crippen molar-refractivity contribution in [2.45, 2.75) is 12.6 Å². The Kier molecular flexibility index (Phi) is 3.64. The molecule has 0 aromatic carbocycles. The van der Waals surface area contributed by atoms with E-state index in [0.717, 1.165) is 6.08 Å². The Morgan fingerprint density at radius 3 is 2.71 bits per heavy atom. The number of carbonyl (C=O) groups excluding carboxylic acids is 3. The van der Waals surface area contributed by atoms with Crippen molar-refractivity contribution in [2.75, 3.05) is 7.11 Å². The van der Waals surface area contributed by atoms with Crippen molar-refractivity contribution < 1.29 is 19.1 Å². The van der Waals surface area contributed by atoms with E-state index in [0.29, 0.717) is 0 Å². The summed E-state index contributed by atoms with van der Waals surface area (Å²) in [6.07, 6.45) is 3.68. The van der Waals surface area contributed by atoms with Crippen LogP contribution in [0.5, 0.6) is 0 Å². The van der Waals surface area contributed by atoms with Crippen LogP contribution >= 0.6 is 0 Å². The Morgan fingerprint density at radius 1 is 1.53 bits per heavy atom. The van der Waals surface area contributed by atoms with E-state index >= 15 is 0 Å². The number of carbonyl (C=O) groups is 3. The second kappa shape index (κ2) is 4.79. The number of ketones is 1. The summed E-state index contributed by atoms with van der Waals surface area (Å²) in [4.78, 5) is 33.5. The molecule has 17 heavy (non-hydrogen) atoms. The van der Waals surface area contributed by atoms with E-state index in [1.165, 1.54) is 26.3 Å². The Labute approximate surface area is 97.7 Å². The molecule has 0 spiro atoms. The Hall–Kier alpha value is -2.15. The smallest absolute Gasteiger partial charge is 0.330 e. The van der Waals surface area contributed by atoms with E-state index in [2.05, 4.69) is 15.4 Å². The van der Waals surface area contributed by atoms with E-state index in [1.54, 1.807) is 0 Å². The summed E-state index contributed by atoms with van der Waals surface area (Å²) in [5.41, 5.74) is 4.40. The average Bonchev–Trinajstić information content (AvgIpc) is 2.27. The third-order valence-electron chi connectivity index (χ3n) is 2.28. The number of hydrogen-bond acceptors (Lipinski definition) is 5. The zero-order valence-corrected chi connectivity index (χ0v) is 9.44. The van der Waals surface area contributed by atoms with Gasteiger partial charge in [-0.2, -0.15) is 0 Å². The maximum atomic E-state index is 11.4. The zero-order chi connectivity index (χ0) is 13.1. The highest BCUT2D eigenvalue weighted by Gasteiger charge is 2.38. The minimum absolute atomic E-state index is 0.259. The number of methoxy groups -OCH3 is 1. The molecule has 1 unspecified atom stereocenters. The summed E-state index contributed by atoms with van der Waals surface area (Å²) in [5, 5.41) is 4.63. The number of nitrogens with two attached hydrogens (primary N) is 1. The van der Waals surface area contributed by atoms with Gasteiger partial charge < -0.3 is 15.4 Å². The van der Waals surface area contributed by atoms with Crippen molar-refractivity contribution in [3.63, 3.8) is 0 Å². The van der Waals surface area contributed by atoms with Crippen LogP contribution in [0.3, 0.4) is 0 Å². The first-order chi connectivity index (χ1) is 7.90. The molecular formula is C10H13N3O4. The first-order valence-electron chi connectivity index (χ1n) is 4.75. The molecule has 1 rings (SSSR count). The summed E-state index contributed by atoms with van der Waals surface area (Å²) >= 11 is 0. The van der Waals surface area contributed by atoms with Crippen LogP contribution in [0.2, 0.25) is 0 Å². The second-order valence-corrected chi connectivity index (χ2v) is 3.42. The topological polar surface area (TPSA) is 111 Å². The molecule has 0 aromatic heterocycles. The van der Waals surface area contributed by atoms with Crippen LogP contribution in [0.25, 0.3) is 0 Å². The highest BCUT2D eigenvalue weighted by Crippen LogP contribution is 2.16. The van der Waals surface area contributed by atoms with Crippen molar-refractivity contribution in [1.29, 1.82) is 0 Å². The number of rotatable bonds is 3. The quantitative estimate of drug-likeness (QED) is 0.439. The van der Waals surface area contributed by atoms with Gasteiger partial charge >= 0.3 is 12.0 Å². The average molecular weight is 239 g/mol. The number of amides is 2. The van der Waals surface area contributed by atoms with Gasteiger partial charge in [0, 0.05) is 17.8 Å². The van der Waals surface area contributed by atoms with Crippen LogP contribution < -0.4 is 16.4 Å². The number of nitrogens with one attached hydrogen (secondary N) is 2. The molecule has 1 heterocycles. The maximum absolute atomic E-state index is 11.4. The number of ether oxygens (including phenoxy) is 1. The number of hydrogen-bond donors (Lipinski definition) is 3. The minimum atomic E-state index is -1.63. The predicted octanol–water partition coefficient (Wildman–Crippen LogP) is -0.844. The summed E-state index contributed by atoms with van der Waals surface area (Å²) < 4.78 is 4.40. The van der Waals surface area contributed by atoms with Gasteiger partial charge in [-0.05, 0) is 13.0 Å². The molecule has 92 valence electrons. The molecule has 1 aliphatic rings. The van der Waals surface area contributed by atoms with Crippen LogP contribution in [-0.2, 0) is 14.3 Å². The molecule has 0 saturated heterocycles. The fourth-order valence-electron chi connectivity index (χ4n) is 1.24. The second-order valence-electron chi connectivity index (χ2n) is 3.42. The van der Waals surface area contributed by atoms with Gasteiger partial charge in [0.25, 0.3) is 0 Å². The minimum Gasteiger partial charge on any atom is -0.466 e. The van der Waals surface area contributed by atoms with Crippen LogP contribution in [-0.4, -0.2) is 30.6 Å². The molecule has 0 aliphatic carbocycles. The maximum Gasteiger partial charge on any atom is 0.330 e. The summed E-state index contributed by atoms with van der Waals surface area (Å²) in [6, 6.07) is -0.585. The third-order valence-corrected chi connectivity index (χ3v) is 2.28. The first-order valence-corrected chi connectivity index (χ1v) is 4.75. The number of urea groups is 1. The molecule has 7 heteroatoms. The summed E-state index contributed by atoms with van der Waals surface area (Å²) in [5.74, 6) is -1.04. The molecule has 0 saturated carbocycles. The van der Waals surface area contributed by atoms with Crippen molar-refractivity contribution >= 4 is 17.8 Å². The van der Waals surface area contributed by atoms with Crippen molar-refractivity contribution in [3.8, 4) is 0 Å². The van der Waals surface area contributed by atoms with E-state index in [1.807, 2.05) is 0 Å². The Morgan fingerprint density at radius 2 is 2.18 bits per heavy atom. The predicted molar refractivity (Wildman–Crippen MR) is 58.5 cm³/mol. The van der Waals surface area contributed by atoms with Crippen molar-refractivity contribution in [3.05, 3.63) is 23.9 Å². The van der Waals surface area contributed by atoms with E-state index in [4.69, 9.17) is 5.73 Å². The first kappa shape index (κ1) is 12.9. The van der Waals surface area contributed by atoms with Crippen molar-refractivity contribution in [2.24, 2.45) is 5.73 Å². The lowest BCUT2D eigenvalue weighted by atomic mass is 9.95. The Balaban J connectivity index is 3.02. The molecular weight excluding hydrogens is 226 g/mol. The fourth-order valence-corrected chi connectivity index (χ4v) is 1.24. The van der Waals surface area contributed by atoms with Gasteiger partial charge in [-0.25, -0.2) is 9.59 Å². The normalized spacial score (nSPS) is 23.7. The third kappa shape index (κ3) is 2.70. The summed E-state index contributed by atoms with van der Waals surface area (Å²) in [6.45, 7) is 1.24. The van der Waals surface area contributed by atoms with Crippen LogP contribution in [0.15, 0.2) is 23.9 Å². The molecule has 0 radical (unpaired) electrons. The molecule has 4 N–H and O–H groups in total. The van der Waals surface area contributed by atoms with Crippen molar-refractivity contribution in [1.82, 2.24) is 10.6 Å². The molecule has 0 aromatic rings. The zero-order valence-electron chi connectivity index (χ0n) is 9.44. The van der Waals surface area contributed by atoms with Gasteiger partial charge in [-0.15, -0.1) is 0 Å². The summed E-state index contributed by atoms with van der Waals surface area (Å²) in [7, 11) is 1.22. The van der Waals surface area contributed by atoms with Gasteiger partial charge in [0.1, 0.15) is 0 Å². The molecule has 2 amide bonds. The lowest BCUT2D eigenvalue weighted by molar-refractivity contribution is -0.134. The highest BCUT2D eigenvalue weighted by atomic mass is 16.5. The lowest BCUT2D eigenvalue weighted by Gasteiger charge is -2.32. The van der Waals surface area contributed by atoms with Crippen LogP contribution in [0.1, 0.15) is 6.92 Å². The van der Waals surface area contributed by atoms with E-state index in [-0.39, 0.29) is 5.57 Å². The van der Waals surface area contributed by atoms with Gasteiger partial charge in [0.2, 0.25) is 0 Å². The standard InChI is InChI=1S/C10H13N3O4/c1-6(14)10(11)7(3-4-8(15)17-2)5-12-9(16)13-10/h3-5H,11H2,1-2H3,(H2,12,13,16). The van der Waals surface area contributed by atoms with Gasteiger partial charge in [-0.3, -0.25) is 10.5 Å². The van der Waals surface area contributed by atoms with Gasteiger partial charge in [0.05, 0.1) is 7.11 Å². The van der Waals surface area contributed by atoms with Gasteiger partial charge in [-0.1, -0.05) is 0 Å². The monoisotopic (exact) mass is 239 g/mol. The molecule has 0 bridgehead atoms. The molecule has 0 fully saturated rings. The fraction of sp³-hybridized carbons (Fsp3) is 0.300. The number of Topliss-reactive ketones (excluding diaryl/α,β-unsaturated/α-hetero) is 1. The molecule has 1 aliphatic heterocycles. The molecule has 1 atom stereocenters. The highest BCUT2D eigenvalue weighted by molar-refractivity contribution is 5.96. The largest absolute Gasteiger partial charge is 0.466 e. The van der Waals surface area contributed by atoms with Crippen LogP contribution in [0.4, 0.5) is 4.79 Å². The van der Waals surface area contributed by atoms with E-state index in [9.17, 15) is 14.4 Å². The number of esters is 1. The molecule has 7 nitrogen and oxygen atoms in total. The Bertz CT molecular complexity index is 427. The van der Waals surface area contributed by atoms with E-state index < -0.39 is 23.4 Å². The van der Waals surface area contributed by atoms with Gasteiger partial charge in [0.15, 0.2) is 11.4 Å². The SMILES string of the molecule is COC(=O)C=CC1=CNC(=O)NC1(N)C(C)=O. The lowest BCUT2D eigenvalue weighted by Crippen LogP contribution is -2.65.